The summed E-state index contributed by atoms with van der Waals surface area (Å²) in [7, 11) is -0.608. The highest BCUT2D eigenvalue weighted by Crippen LogP contribution is 2.19. The maximum atomic E-state index is 12.4. The van der Waals surface area contributed by atoms with Gasteiger partial charge in [0.1, 0.15) is 5.69 Å². The predicted molar refractivity (Wildman–Crippen MR) is 102 cm³/mol. The number of carbonyl (C=O) groups excluding carboxylic acids is 1. The van der Waals surface area contributed by atoms with E-state index < -0.39 is 10.0 Å². The van der Waals surface area contributed by atoms with E-state index in [-0.39, 0.29) is 23.4 Å². The summed E-state index contributed by atoms with van der Waals surface area (Å²) in [6.07, 6.45) is 3.94. The molecule has 0 radical (unpaired) electrons. The van der Waals surface area contributed by atoms with Crippen LogP contribution in [0.15, 0.2) is 41.4 Å². The molecular weight excluding hydrogens is 366 g/mol. The van der Waals surface area contributed by atoms with Gasteiger partial charge in [-0.1, -0.05) is 18.2 Å². The van der Waals surface area contributed by atoms with E-state index in [1.54, 1.807) is 30.3 Å². The molecule has 0 saturated carbocycles. The predicted octanol–water partition coefficient (Wildman–Crippen LogP) is 0.988. The molecule has 0 bridgehead atoms. The lowest BCUT2D eigenvalue weighted by atomic mass is 10.1. The molecule has 1 amide bonds. The van der Waals surface area contributed by atoms with Gasteiger partial charge in [0.15, 0.2) is 0 Å². The molecule has 2 aromatic rings. The molecule has 1 fully saturated rings. The van der Waals surface area contributed by atoms with Crippen LogP contribution in [0.5, 0.6) is 0 Å². The van der Waals surface area contributed by atoms with Crippen molar-refractivity contribution in [3.05, 3.63) is 47.8 Å². The molecule has 1 atom stereocenters. The minimum atomic E-state index is -3.58. The van der Waals surface area contributed by atoms with Crippen molar-refractivity contribution >= 4 is 15.9 Å². The molecule has 2 heterocycles. The Hall–Kier alpha value is -2.23. The first-order valence-corrected chi connectivity index (χ1v) is 10.4. The zero-order valence-corrected chi connectivity index (χ0v) is 16.4. The Labute approximate surface area is 159 Å². The van der Waals surface area contributed by atoms with Crippen LogP contribution in [0.3, 0.4) is 0 Å². The van der Waals surface area contributed by atoms with Gasteiger partial charge < -0.3 is 10.6 Å². The number of nitrogens with one attached hydrogen (secondary N) is 2. The lowest BCUT2D eigenvalue weighted by molar-refractivity contribution is 0.0944. The fourth-order valence-electron chi connectivity index (χ4n) is 3.09. The van der Waals surface area contributed by atoms with Crippen molar-refractivity contribution in [3.8, 4) is 0 Å². The van der Waals surface area contributed by atoms with Gasteiger partial charge in [-0.2, -0.15) is 5.10 Å². The summed E-state index contributed by atoms with van der Waals surface area (Å²) in [6, 6.07) is 8.60. The fourth-order valence-corrected chi connectivity index (χ4v) is 4.20. The molecule has 27 heavy (non-hydrogen) atoms. The van der Waals surface area contributed by atoms with Crippen molar-refractivity contribution in [3.63, 3.8) is 0 Å². The normalized spacial score (nSPS) is 17.8. The minimum Gasteiger partial charge on any atom is -0.347 e. The van der Waals surface area contributed by atoms with E-state index in [2.05, 4.69) is 15.7 Å². The number of benzene rings is 1. The summed E-state index contributed by atoms with van der Waals surface area (Å²) in [5, 5.41) is 10.5. The van der Waals surface area contributed by atoms with Crippen LogP contribution in [0.25, 0.3) is 0 Å². The van der Waals surface area contributed by atoms with E-state index in [0.717, 1.165) is 30.2 Å². The summed E-state index contributed by atoms with van der Waals surface area (Å²) in [5.74, 6) is -0.324. The van der Waals surface area contributed by atoms with E-state index >= 15 is 0 Å². The number of nitrogens with zero attached hydrogens (tertiary/aromatic N) is 3. The standard InChI is InChI=1S/C18H25N5O3S/c1-22(2)27(25,26)17-8-4-3-6-14(17)12-20-18(24)16-9-11-23(21-16)15-7-5-10-19-13-15/h3-4,6,8-9,11,15,19H,5,7,10,12-13H2,1-2H3,(H,20,24). The summed E-state index contributed by atoms with van der Waals surface area (Å²) in [4.78, 5) is 12.6. The Bertz CT molecular complexity index is 901. The van der Waals surface area contributed by atoms with Crippen LogP contribution in [0.4, 0.5) is 0 Å². The third-order valence-electron chi connectivity index (χ3n) is 4.66. The Morgan fingerprint density at radius 1 is 1.33 bits per heavy atom. The molecule has 9 heteroatoms. The van der Waals surface area contributed by atoms with E-state index in [1.165, 1.54) is 14.1 Å². The Morgan fingerprint density at radius 3 is 2.81 bits per heavy atom. The van der Waals surface area contributed by atoms with Gasteiger partial charge >= 0.3 is 0 Å². The molecule has 1 saturated heterocycles. The third kappa shape index (κ3) is 4.37. The average molecular weight is 391 g/mol. The number of aromatic nitrogens is 2. The molecule has 3 rings (SSSR count). The molecule has 0 spiro atoms. The highest BCUT2D eigenvalue weighted by molar-refractivity contribution is 7.89. The number of hydrogen-bond acceptors (Lipinski definition) is 5. The molecule has 8 nitrogen and oxygen atoms in total. The molecule has 1 aliphatic heterocycles. The van der Waals surface area contributed by atoms with Gasteiger partial charge in [-0.25, -0.2) is 12.7 Å². The SMILES string of the molecule is CN(C)S(=O)(=O)c1ccccc1CNC(=O)c1ccn(C2CCCNC2)n1. The van der Waals surface area contributed by atoms with Crippen LogP contribution in [0.1, 0.15) is 34.9 Å². The quantitative estimate of drug-likeness (QED) is 0.765. The minimum absolute atomic E-state index is 0.111. The average Bonchev–Trinajstić information content (AvgIpc) is 3.17. The number of hydrogen-bond donors (Lipinski definition) is 2. The molecule has 1 unspecified atom stereocenters. The summed E-state index contributed by atoms with van der Waals surface area (Å²) >= 11 is 0. The van der Waals surface area contributed by atoms with Gasteiger partial charge in [0.2, 0.25) is 10.0 Å². The second-order valence-electron chi connectivity index (χ2n) is 6.76. The highest BCUT2D eigenvalue weighted by atomic mass is 32.2. The lowest BCUT2D eigenvalue weighted by Crippen LogP contribution is -2.32. The number of rotatable bonds is 6. The number of piperidine rings is 1. The van der Waals surface area contributed by atoms with E-state index in [0.29, 0.717) is 11.3 Å². The van der Waals surface area contributed by atoms with Crippen LogP contribution >= 0.6 is 0 Å². The van der Waals surface area contributed by atoms with Crippen molar-refractivity contribution in [2.45, 2.75) is 30.3 Å². The molecule has 0 aliphatic carbocycles. The van der Waals surface area contributed by atoms with Gasteiger partial charge in [0, 0.05) is 33.4 Å². The largest absolute Gasteiger partial charge is 0.347 e. The van der Waals surface area contributed by atoms with Crippen LogP contribution in [-0.4, -0.2) is 55.6 Å². The van der Waals surface area contributed by atoms with Crippen LogP contribution in [-0.2, 0) is 16.6 Å². The van der Waals surface area contributed by atoms with Crippen molar-refractivity contribution in [1.29, 1.82) is 0 Å². The summed E-state index contributed by atoms with van der Waals surface area (Å²) in [5.41, 5.74) is 0.865. The summed E-state index contributed by atoms with van der Waals surface area (Å²) in [6.45, 7) is 1.97. The Morgan fingerprint density at radius 2 is 2.11 bits per heavy atom. The van der Waals surface area contributed by atoms with Gasteiger partial charge in [-0.3, -0.25) is 9.48 Å². The molecule has 146 valence electrons. The van der Waals surface area contributed by atoms with Gasteiger partial charge in [-0.15, -0.1) is 0 Å². The monoisotopic (exact) mass is 391 g/mol. The van der Waals surface area contributed by atoms with Gasteiger partial charge in [-0.05, 0) is 37.1 Å². The van der Waals surface area contributed by atoms with Crippen LogP contribution in [0, 0.1) is 0 Å². The first-order chi connectivity index (χ1) is 12.9. The van der Waals surface area contributed by atoms with Crippen LogP contribution in [0.2, 0.25) is 0 Å². The third-order valence-corrected chi connectivity index (χ3v) is 6.57. The van der Waals surface area contributed by atoms with E-state index in [4.69, 9.17) is 0 Å². The maximum absolute atomic E-state index is 12.4. The molecular formula is C18H25N5O3S. The smallest absolute Gasteiger partial charge is 0.272 e. The van der Waals surface area contributed by atoms with Crippen molar-refractivity contribution in [2.75, 3.05) is 27.2 Å². The second kappa shape index (κ2) is 8.20. The van der Waals surface area contributed by atoms with E-state index in [1.807, 2.05) is 10.9 Å². The Balaban J connectivity index is 1.69. The van der Waals surface area contributed by atoms with Gasteiger partial charge in [0.05, 0.1) is 10.9 Å². The van der Waals surface area contributed by atoms with Crippen LogP contribution < -0.4 is 10.6 Å². The van der Waals surface area contributed by atoms with Crippen molar-refractivity contribution in [2.24, 2.45) is 0 Å². The molecule has 1 aliphatic rings. The van der Waals surface area contributed by atoms with E-state index in [9.17, 15) is 13.2 Å². The van der Waals surface area contributed by atoms with Crippen molar-refractivity contribution in [1.82, 2.24) is 24.7 Å². The number of carbonyl (C=O) groups is 1. The first-order valence-electron chi connectivity index (χ1n) is 8.94. The maximum Gasteiger partial charge on any atom is 0.272 e. The van der Waals surface area contributed by atoms with Crippen molar-refractivity contribution < 1.29 is 13.2 Å². The molecule has 2 N–H and O–H groups in total. The topological polar surface area (TPSA) is 96.3 Å². The second-order valence-corrected chi connectivity index (χ2v) is 8.88. The molecule has 1 aromatic carbocycles. The summed E-state index contributed by atoms with van der Waals surface area (Å²) < 4.78 is 27.9. The van der Waals surface area contributed by atoms with Gasteiger partial charge in [0.25, 0.3) is 5.91 Å². The lowest BCUT2D eigenvalue weighted by Gasteiger charge is -2.22. The zero-order valence-electron chi connectivity index (χ0n) is 15.6. The Kier molecular flexibility index (Phi) is 5.93. The fraction of sp³-hybridized carbons (Fsp3) is 0.444. The zero-order chi connectivity index (χ0) is 19.4. The molecule has 1 aromatic heterocycles. The highest BCUT2D eigenvalue weighted by Gasteiger charge is 2.22. The first kappa shape index (κ1) is 19.5. The number of sulfonamides is 1. The number of amides is 1.